The van der Waals surface area contributed by atoms with Crippen LogP contribution in [-0.4, -0.2) is 45.7 Å². The van der Waals surface area contributed by atoms with E-state index in [1.807, 2.05) is 6.20 Å². The molecule has 1 saturated carbocycles. The van der Waals surface area contributed by atoms with Crippen molar-refractivity contribution >= 4 is 16.8 Å². The van der Waals surface area contributed by atoms with Crippen LogP contribution in [0.4, 0.5) is 0 Å². The zero-order chi connectivity index (χ0) is 17.8. The lowest BCUT2D eigenvalue weighted by Crippen LogP contribution is -2.44. The Bertz CT molecular complexity index is 969. The third-order valence-electron chi connectivity index (χ3n) is 7.27. The molecule has 6 nitrogen and oxygen atoms in total. The van der Waals surface area contributed by atoms with Gasteiger partial charge in [-0.1, -0.05) is 0 Å². The van der Waals surface area contributed by atoms with Crippen LogP contribution in [0.2, 0.25) is 0 Å². The van der Waals surface area contributed by atoms with E-state index >= 15 is 0 Å². The second-order valence-electron chi connectivity index (χ2n) is 8.84. The first-order valence-electron chi connectivity index (χ1n) is 10.4. The Labute approximate surface area is 158 Å². The fourth-order valence-corrected chi connectivity index (χ4v) is 5.65. The van der Waals surface area contributed by atoms with E-state index in [0.29, 0.717) is 17.3 Å². The van der Waals surface area contributed by atoms with Crippen molar-refractivity contribution < 1.29 is 4.74 Å². The third-order valence-corrected chi connectivity index (χ3v) is 7.27. The Hall–Kier alpha value is -1.92. The maximum atomic E-state index is 5.56. The van der Waals surface area contributed by atoms with E-state index in [4.69, 9.17) is 9.72 Å². The third kappa shape index (κ3) is 2.53. The zero-order valence-electron chi connectivity index (χ0n) is 15.7. The number of nitrogens with zero attached hydrogens (tertiary/aromatic N) is 3. The summed E-state index contributed by atoms with van der Waals surface area (Å²) in [5.74, 6) is 1.16. The first kappa shape index (κ1) is 16.1. The van der Waals surface area contributed by atoms with Gasteiger partial charge in [-0.2, -0.15) is 0 Å². The molecule has 1 spiro atoms. The molecule has 3 aromatic rings. The Morgan fingerprint density at radius 3 is 2.74 bits per heavy atom. The number of imidazole rings is 1. The number of hydrogen-bond donors (Lipinski definition) is 2. The van der Waals surface area contributed by atoms with E-state index < -0.39 is 0 Å². The molecule has 3 aromatic heterocycles. The molecule has 2 saturated heterocycles. The minimum atomic E-state index is 0.549. The predicted octanol–water partition coefficient (Wildman–Crippen LogP) is 3.35. The standard InChI is InChI=1S/C21H27N5O/c1-7-27-8-2-14(1)16-11-23-20-19(16)26-13-17(25-18(26)12-24-20)15-9-21(10-15)3-5-22-6-4-21/h11-15,22-23H,1-10H2. The number of nitrogens with one attached hydrogen (secondary N) is 2. The molecule has 0 amide bonds. The summed E-state index contributed by atoms with van der Waals surface area (Å²) in [6.45, 7) is 4.07. The molecular weight excluding hydrogens is 338 g/mol. The van der Waals surface area contributed by atoms with Crippen LogP contribution in [0.1, 0.15) is 61.6 Å². The summed E-state index contributed by atoms with van der Waals surface area (Å²) in [6.07, 6.45) is 13.8. The minimum absolute atomic E-state index is 0.549. The highest BCUT2D eigenvalue weighted by Gasteiger charge is 2.45. The summed E-state index contributed by atoms with van der Waals surface area (Å²) in [6, 6.07) is 0. The van der Waals surface area contributed by atoms with Gasteiger partial charge >= 0.3 is 0 Å². The van der Waals surface area contributed by atoms with Gasteiger partial charge in [-0.05, 0) is 68.5 Å². The highest BCUT2D eigenvalue weighted by molar-refractivity contribution is 5.79. The van der Waals surface area contributed by atoms with E-state index in [0.717, 1.165) is 37.3 Å². The topological polar surface area (TPSA) is 67.2 Å². The van der Waals surface area contributed by atoms with Crippen LogP contribution < -0.4 is 5.32 Å². The largest absolute Gasteiger partial charge is 0.381 e. The van der Waals surface area contributed by atoms with Crippen LogP contribution >= 0.6 is 0 Å². The predicted molar refractivity (Wildman–Crippen MR) is 104 cm³/mol. The number of ether oxygens (including phenoxy) is 1. The number of aromatic amines is 1. The Kier molecular flexibility index (Phi) is 3.60. The molecule has 6 heteroatoms. The van der Waals surface area contributed by atoms with Gasteiger partial charge in [0.05, 0.1) is 17.4 Å². The van der Waals surface area contributed by atoms with Crippen molar-refractivity contribution in [2.45, 2.75) is 50.4 Å². The molecule has 0 bridgehead atoms. The Morgan fingerprint density at radius 1 is 1.11 bits per heavy atom. The van der Waals surface area contributed by atoms with Gasteiger partial charge in [-0.25, -0.2) is 9.97 Å². The highest BCUT2D eigenvalue weighted by Crippen LogP contribution is 2.55. The van der Waals surface area contributed by atoms with E-state index in [9.17, 15) is 0 Å². The quantitative estimate of drug-likeness (QED) is 0.731. The average molecular weight is 365 g/mol. The van der Waals surface area contributed by atoms with Crippen LogP contribution in [0.25, 0.3) is 16.8 Å². The smallest absolute Gasteiger partial charge is 0.156 e. The minimum Gasteiger partial charge on any atom is -0.381 e. The molecule has 0 aromatic carbocycles. The first-order chi connectivity index (χ1) is 13.3. The van der Waals surface area contributed by atoms with Crippen LogP contribution in [0, 0.1) is 5.41 Å². The lowest BCUT2D eigenvalue weighted by Gasteiger charge is -2.50. The van der Waals surface area contributed by atoms with Gasteiger partial charge in [0, 0.05) is 31.5 Å². The maximum absolute atomic E-state index is 5.56. The zero-order valence-corrected chi connectivity index (χ0v) is 15.7. The molecule has 0 unspecified atom stereocenters. The molecule has 3 fully saturated rings. The van der Waals surface area contributed by atoms with Gasteiger partial charge in [0.2, 0.25) is 0 Å². The van der Waals surface area contributed by atoms with Gasteiger partial charge in [0.15, 0.2) is 11.3 Å². The number of hydrogen-bond acceptors (Lipinski definition) is 4. The van der Waals surface area contributed by atoms with Crippen molar-refractivity contribution in [2.24, 2.45) is 5.41 Å². The average Bonchev–Trinajstić information content (AvgIpc) is 3.31. The Balaban J connectivity index is 1.36. The fourth-order valence-electron chi connectivity index (χ4n) is 5.65. The summed E-state index contributed by atoms with van der Waals surface area (Å²) in [5, 5.41) is 3.50. The molecule has 3 aliphatic rings. The summed E-state index contributed by atoms with van der Waals surface area (Å²) in [4.78, 5) is 13.0. The number of aromatic nitrogens is 4. The monoisotopic (exact) mass is 365 g/mol. The van der Waals surface area contributed by atoms with Gasteiger partial charge in [0.1, 0.15) is 0 Å². The first-order valence-corrected chi connectivity index (χ1v) is 10.4. The van der Waals surface area contributed by atoms with Crippen LogP contribution in [-0.2, 0) is 4.74 Å². The molecular formula is C21H27N5O. The summed E-state index contributed by atoms with van der Waals surface area (Å²) >= 11 is 0. The number of H-pyrrole nitrogens is 1. The molecule has 2 aliphatic heterocycles. The molecule has 1 aliphatic carbocycles. The van der Waals surface area contributed by atoms with Gasteiger partial charge in [-0.3, -0.25) is 4.40 Å². The fraction of sp³-hybridized carbons (Fsp3) is 0.619. The second-order valence-corrected chi connectivity index (χ2v) is 8.84. The summed E-state index contributed by atoms with van der Waals surface area (Å²) < 4.78 is 7.84. The van der Waals surface area contributed by atoms with Gasteiger partial charge < -0.3 is 15.0 Å². The van der Waals surface area contributed by atoms with Crippen molar-refractivity contribution in [3.05, 3.63) is 29.8 Å². The SMILES string of the molecule is c1[nH]c2ncc3nc(C4CC5(CCNCC5)C4)cn3c2c1C1CCOCC1. The normalized spacial score (nSPS) is 24.0. The number of fused-ring (bicyclic) bond motifs is 3. The van der Waals surface area contributed by atoms with E-state index in [-0.39, 0.29) is 0 Å². The Morgan fingerprint density at radius 2 is 1.93 bits per heavy atom. The summed E-state index contributed by atoms with van der Waals surface area (Å²) in [5.41, 5.74) is 6.38. The van der Waals surface area contributed by atoms with Gasteiger partial charge in [0.25, 0.3) is 0 Å². The van der Waals surface area contributed by atoms with Crippen LogP contribution in [0.15, 0.2) is 18.6 Å². The highest BCUT2D eigenvalue weighted by atomic mass is 16.5. The van der Waals surface area contributed by atoms with Crippen molar-refractivity contribution in [3.63, 3.8) is 0 Å². The van der Waals surface area contributed by atoms with E-state index in [2.05, 4.69) is 32.1 Å². The lowest BCUT2D eigenvalue weighted by molar-refractivity contribution is 0.0589. The maximum Gasteiger partial charge on any atom is 0.156 e. The van der Waals surface area contributed by atoms with Crippen molar-refractivity contribution in [3.8, 4) is 0 Å². The molecule has 0 radical (unpaired) electrons. The van der Waals surface area contributed by atoms with E-state index in [1.54, 1.807) is 0 Å². The van der Waals surface area contributed by atoms with Crippen molar-refractivity contribution in [1.29, 1.82) is 0 Å². The molecule has 5 heterocycles. The van der Waals surface area contributed by atoms with Crippen molar-refractivity contribution in [1.82, 2.24) is 24.7 Å². The lowest BCUT2D eigenvalue weighted by atomic mass is 9.57. The van der Waals surface area contributed by atoms with Crippen LogP contribution in [0.3, 0.4) is 0 Å². The molecule has 27 heavy (non-hydrogen) atoms. The molecule has 142 valence electrons. The van der Waals surface area contributed by atoms with Crippen molar-refractivity contribution in [2.75, 3.05) is 26.3 Å². The molecule has 2 N–H and O–H groups in total. The summed E-state index contributed by atoms with van der Waals surface area (Å²) in [7, 11) is 0. The molecule has 0 atom stereocenters. The molecule has 6 rings (SSSR count). The van der Waals surface area contributed by atoms with Crippen LogP contribution in [0.5, 0.6) is 0 Å². The van der Waals surface area contributed by atoms with E-state index in [1.165, 1.54) is 55.5 Å². The van der Waals surface area contributed by atoms with Gasteiger partial charge in [-0.15, -0.1) is 0 Å². The number of rotatable bonds is 2. The number of piperidine rings is 1. The second kappa shape index (κ2) is 6.04.